The molecule has 0 aliphatic carbocycles. The molecule has 0 saturated carbocycles. The van der Waals surface area contributed by atoms with E-state index in [1.807, 2.05) is 0 Å². The van der Waals surface area contributed by atoms with Gasteiger partial charge in [0.25, 0.3) is 5.69 Å². The molecular weight excluding hydrogens is 322 g/mol. The predicted octanol–water partition coefficient (Wildman–Crippen LogP) is 0.330. The van der Waals surface area contributed by atoms with Gasteiger partial charge in [-0.2, -0.15) is 0 Å². The molecule has 1 aromatic rings. The second kappa shape index (κ2) is 7.05. The molecule has 1 aromatic carbocycles. The zero-order valence-electron chi connectivity index (χ0n) is 12.8. The number of hydrogen-bond acceptors (Lipinski definition) is 6. The van der Waals surface area contributed by atoms with E-state index < -0.39 is 14.8 Å². The number of nitrogens with zero attached hydrogens (tertiary/aromatic N) is 2. The van der Waals surface area contributed by atoms with E-state index in [-0.39, 0.29) is 35.7 Å². The number of carbonyl (C=O) groups excluding carboxylic acids is 1. The Kier molecular flexibility index (Phi) is 5.32. The molecule has 2 rings (SSSR count). The fraction of sp³-hybridized carbons (Fsp3) is 0.500. The fourth-order valence-electron chi connectivity index (χ4n) is 2.52. The van der Waals surface area contributed by atoms with Crippen molar-refractivity contribution < 1.29 is 18.1 Å². The minimum atomic E-state index is -3.01. The number of carbonyl (C=O) groups is 1. The van der Waals surface area contributed by atoms with Gasteiger partial charge in [-0.1, -0.05) is 12.1 Å². The van der Waals surface area contributed by atoms with Crippen LogP contribution < -0.4 is 5.32 Å². The summed E-state index contributed by atoms with van der Waals surface area (Å²) in [6.45, 7) is 0.599. The van der Waals surface area contributed by atoms with Crippen LogP contribution in [-0.2, 0) is 21.2 Å². The van der Waals surface area contributed by atoms with E-state index in [2.05, 4.69) is 5.32 Å². The summed E-state index contributed by atoms with van der Waals surface area (Å²) < 4.78 is 22.7. The first kappa shape index (κ1) is 17.4. The van der Waals surface area contributed by atoms with Gasteiger partial charge >= 0.3 is 0 Å². The highest BCUT2D eigenvalue weighted by molar-refractivity contribution is 7.91. The van der Waals surface area contributed by atoms with E-state index in [9.17, 15) is 23.3 Å². The molecule has 1 heterocycles. The van der Waals surface area contributed by atoms with Crippen LogP contribution in [0.1, 0.15) is 12.0 Å². The largest absolute Gasteiger partial charge is 0.351 e. The van der Waals surface area contributed by atoms with Crippen LogP contribution in [0.5, 0.6) is 0 Å². The molecule has 23 heavy (non-hydrogen) atoms. The average Bonchev–Trinajstić information content (AvgIpc) is 2.77. The number of nitro benzene ring substituents is 1. The number of benzene rings is 1. The summed E-state index contributed by atoms with van der Waals surface area (Å²) in [5, 5.41) is 13.3. The Balaban J connectivity index is 1.81. The van der Waals surface area contributed by atoms with Gasteiger partial charge in [-0.3, -0.25) is 19.8 Å². The maximum atomic E-state index is 11.9. The van der Waals surface area contributed by atoms with Crippen molar-refractivity contribution in [3.05, 3.63) is 39.9 Å². The Labute approximate surface area is 134 Å². The molecule has 1 atom stereocenters. The smallest absolute Gasteiger partial charge is 0.269 e. The standard InChI is InChI=1S/C14H19N3O5S/c1-16(8-11-2-4-13(5-3-11)17(19)20)9-14(18)15-12-6-7-23(21,22)10-12/h2-5,12H,6-10H2,1H3,(H,15,18). The maximum absolute atomic E-state index is 11.9. The highest BCUT2D eigenvalue weighted by Crippen LogP contribution is 2.13. The summed E-state index contributed by atoms with van der Waals surface area (Å²) in [5.41, 5.74) is 0.880. The molecule has 8 nitrogen and oxygen atoms in total. The van der Waals surface area contributed by atoms with Gasteiger partial charge in [0.15, 0.2) is 9.84 Å². The number of nitrogens with one attached hydrogen (secondary N) is 1. The van der Waals surface area contributed by atoms with E-state index in [1.54, 1.807) is 24.1 Å². The molecular formula is C14H19N3O5S. The van der Waals surface area contributed by atoms with Crippen LogP contribution in [0.3, 0.4) is 0 Å². The molecule has 1 N–H and O–H groups in total. The summed E-state index contributed by atoms with van der Waals surface area (Å²) in [6, 6.07) is 5.84. The number of nitro groups is 1. The molecule has 126 valence electrons. The first-order chi connectivity index (χ1) is 10.7. The Morgan fingerprint density at radius 1 is 1.39 bits per heavy atom. The Morgan fingerprint density at radius 3 is 2.57 bits per heavy atom. The normalized spacial score (nSPS) is 19.7. The Bertz CT molecular complexity index is 687. The number of non-ortho nitro benzene ring substituents is 1. The van der Waals surface area contributed by atoms with Crippen molar-refractivity contribution in [3.63, 3.8) is 0 Å². The van der Waals surface area contributed by atoms with E-state index in [1.165, 1.54) is 12.1 Å². The molecule has 1 aliphatic heterocycles. The van der Waals surface area contributed by atoms with Gasteiger partial charge in [0.05, 0.1) is 23.0 Å². The Morgan fingerprint density at radius 2 is 2.04 bits per heavy atom. The lowest BCUT2D eigenvalue weighted by molar-refractivity contribution is -0.384. The molecule has 1 saturated heterocycles. The lowest BCUT2D eigenvalue weighted by atomic mass is 10.2. The lowest BCUT2D eigenvalue weighted by Gasteiger charge is -2.18. The van der Waals surface area contributed by atoms with Gasteiger partial charge in [-0.05, 0) is 19.0 Å². The molecule has 9 heteroatoms. The summed E-state index contributed by atoms with van der Waals surface area (Å²) in [6.07, 6.45) is 0.458. The van der Waals surface area contributed by atoms with Crippen molar-refractivity contribution in [2.75, 3.05) is 25.1 Å². The summed E-state index contributed by atoms with van der Waals surface area (Å²) in [5.74, 6) is -0.0991. The molecule has 0 bridgehead atoms. The van der Waals surface area contributed by atoms with Crippen LogP contribution in [0.25, 0.3) is 0 Å². The molecule has 1 aliphatic rings. The first-order valence-corrected chi connectivity index (χ1v) is 8.99. The maximum Gasteiger partial charge on any atom is 0.269 e. The van der Waals surface area contributed by atoms with Gasteiger partial charge in [-0.25, -0.2) is 8.42 Å². The highest BCUT2D eigenvalue weighted by atomic mass is 32.2. The summed E-state index contributed by atoms with van der Waals surface area (Å²) in [4.78, 5) is 23.8. The van der Waals surface area contributed by atoms with Crippen LogP contribution in [0.2, 0.25) is 0 Å². The third-order valence-electron chi connectivity index (χ3n) is 3.61. The molecule has 1 unspecified atom stereocenters. The molecule has 1 fully saturated rings. The SMILES string of the molecule is CN(CC(=O)NC1CCS(=O)(=O)C1)Cc1ccc([N+](=O)[O-])cc1. The number of rotatable bonds is 6. The van der Waals surface area contributed by atoms with Crippen molar-refractivity contribution in [3.8, 4) is 0 Å². The monoisotopic (exact) mass is 341 g/mol. The zero-order valence-corrected chi connectivity index (χ0v) is 13.6. The summed E-state index contributed by atoms with van der Waals surface area (Å²) in [7, 11) is -1.26. The second-order valence-corrected chi connectivity index (χ2v) is 7.99. The van der Waals surface area contributed by atoms with Crippen LogP contribution in [0.15, 0.2) is 24.3 Å². The van der Waals surface area contributed by atoms with Gasteiger partial charge in [-0.15, -0.1) is 0 Å². The molecule has 0 aromatic heterocycles. The molecule has 0 spiro atoms. The van der Waals surface area contributed by atoms with Crippen LogP contribution in [0.4, 0.5) is 5.69 Å². The van der Waals surface area contributed by atoms with E-state index >= 15 is 0 Å². The third kappa shape index (κ3) is 5.29. The number of amides is 1. The van der Waals surface area contributed by atoms with Crippen molar-refractivity contribution >= 4 is 21.4 Å². The van der Waals surface area contributed by atoms with Crippen LogP contribution in [-0.4, -0.2) is 55.3 Å². The quantitative estimate of drug-likeness (QED) is 0.590. The zero-order chi connectivity index (χ0) is 17.0. The topological polar surface area (TPSA) is 110 Å². The van der Waals surface area contributed by atoms with Gasteiger partial charge < -0.3 is 5.32 Å². The van der Waals surface area contributed by atoms with Crippen molar-refractivity contribution in [1.82, 2.24) is 10.2 Å². The highest BCUT2D eigenvalue weighted by Gasteiger charge is 2.28. The minimum absolute atomic E-state index is 0.00477. The van der Waals surface area contributed by atoms with Gasteiger partial charge in [0.2, 0.25) is 5.91 Å². The van der Waals surface area contributed by atoms with Crippen LogP contribution in [0, 0.1) is 10.1 Å². The Hall–Kier alpha value is -2.00. The van der Waals surface area contributed by atoms with Crippen molar-refractivity contribution in [2.24, 2.45) is 0 Å². The molecule has 0 radical (unpaired) electrons. The second-order valence-electron chi connectivity index (χ2n) is 5.76. The van der Waals surface area contributed by atoms with Crippen molar-refractivity contribution in [2.45, 2.75) is 19.0 Å². The van der Waals surface area contributed by atoms with Gasteiger partial charge in [0, 0.05) is 24.7 Å². The van der Waals surface area contributed by atoms with Crippen molar-refractivity contribution in [1.29, 1.82) is 0 Å². The van der Waals surface area contributed by atoms with E-state index in [0.717, 1.165) is 5.56 Å². The fourth-order valence-corrected chi connectivity index (χ4v) is 4.19. The summed E-state index contributed by atoms with van der Waals surface area (Å²) >= 11 is 0. The first-order valence-electron chi connectivity index (χ1n) is 7.17. The number of hydrogen-bond donors (Lipinski definition) is 1. The molecule has 1 amide bonds. The van der Waals surface area contributed by atoms with E-state index in [0.29, 0.717) is 13.0 Å². The van der Waals surface area contributed by atoms with Crippen LogP contribution >= 0.6 is 0 Å². The third-order valence-corrected chi connectivity index (χ3v) is 5.38. The number of likely N-dealkylation sites (N-methyl/N-ethyl adjacent to an activating group) is 1. The lowest BCUT2D eigenvalue weighted by Crippen LogP contribution is -2.41. The average molecular weight is 341 g/mol. The minimum Gasteiger partial charge on any atom is -0.351 e. The van der Waals surface area contributed by atoms with Gasteiger partial charge in [0.1, 0.15) is 0 Å². The predicted molar refractivity (Wildman–Crippen MR) is 84.6 cm³/mol. The number of sulfone groups is 1. The van der Waals surface area contributed by atoms with E-state index in [4.69, 9.17) is 0 Å².